The lowest BCUT2D eigenvalue weighted by Gasteiger charge is -2.30. The van der Waals surface area contributed by atoms with Crippen LogP contribution in [0, 0.1) is 16.7 Å². The zero-order chi connectivity index (χ0) is 24.5. The van der Waals surface area contributed by atoms with Gasteiger partial charge in [0.2, 0.25) is 5.91 Å². The van der Waals surface area contributed by atoms with Crippen LogP contribution < -0.4 is 10.6 Å². The molecule has 0 aromatic carbocycles. The van der Waals surface area contributed by atoms with Gasteiger partial charge in [-0.15, -0.1) is 0 Å². The number of thioether (sulfide) groups is 1. The molecule has 0 radical (unpaired) electrons. The van der Waals surface area contributed by atoms with Crippen molar-refractivity contribution in [1.29, 1.82) is 0 Å². The van der Waals surface area contributed by atoms with E-state index < -0.39 is 5.72 Å². The largest absolute Gasteiger partial charge is 0.380 e. The summed E-state index contributed by atoms with van der Waals surface area (Å²) in [6.45, 7) is 20.0. The van der Waals surface area contributed by atoms with Gasteiger partial charge in [0.25, 0.3) is 0 Å². The monoisotopic (exact) mass is 460 g/mol. The number of carbonyl (C=O) groups is 2. The normalized spacial score (nSPS) is 15.1. The van der Waals surface area contributed by atoms with Crippen LogP contribution in [0.1, 0.15) is 81.6 Å². The minimum Gasteiger partial charge on any atom is -0.380 e. The van der Waals surface area contributed by atoms with Gasteiger partial charge >= 0.3 is 0 Å². The Bertz CT molecular complexity index is 572. The molecule has 1 atom stereocenters. The first-order valence-corrected chi connectivity index (χ1v) is 12.5. The first-order chi connectivity index (χ1) is 13.9. The molecule has 1 amide bonds. The number of ketones is 1. The fourth-order valence-electron chi connectivity index (χ4n) is 2.89. The minimum absolute atomic E-state index is 0.00597. The molecule has 7 heteroatoms. The van der Waals surface area contributed by atoms with Gasteiger partial charge in [-0.2, -0.15) is 11.8 Å². The van der Waals surface area contributed by atoms with Crippen molar-refractivity contribution in [3.8, 4) is 0 Å². The predicted octanol–water partition coefficient (Wildman–Crippen LogP) is 4.01. The zero-order valence-electron chi connectivity index (χ0n) is 21.6. The molecule has 184 valence electrons. The Balaban J connectivity index is 4.36. The Morgan fingerprint density at radius 1 is 0.968 bits per heavy atom. The summed E-state index contributed by atoms with van der Waals surface area (Å²) in [5.41, 5.74) is -1.71. The second-order valence-electron chi connectivity index (χ2n) is 11.5. The summed E-state index contributed by atoms with van der Waals surface area (Å²) in [6, 6.07) is 0. The number of Topliss-reactive ketones (excluding diaryl/α,β-unsaturated/α-hetero) is 1. The van der Waals surface area contributed by atoms with Crippen LogP contribution in [0.2, 0.25) is 0 Å². The molecule has 0 aliphatic carbocycles. The van der Waals surface area contributed by atoms with E-state index in [4.69, 9.17) is 4.74 Å². The summed E-state index contributed by atoms with van der Waals surface area (Å²) in [4.78, 5) is 24.4. The fourth-order valence-corrected chi connectivity index (χ4v) is 3.20. The number of hydrogen-bond donors (Lipinski definition) is 3. The molecule has 6 nitrogen and oxygen atoms in total. The molecule has 1 unspecified atom stereocenters. The molecule has 0 spiro atoms. The summed E-state index contributed by atoms with van der Waals surface area (Å²) in [5.74, 6) is 0.0880. The van der Waals surface area contributed by atoms with Crippen LogP contribution >= 0.6 is 11.8 Å². The number of rotatable bonds is 16. The second-order valence-corrected chi connectivity index (χ2v) is 13.0. The number of ether oxygens (including phenoxy) is 1. The average Bonchev–Trinajstić information content (AvgIpc) is 2.58. The molecule has 0 aromatic heterocycles. The summed E-state index contributed by atoms with van der Waals surface area (Å²) in [7, 11) is 0. The zero-order valence-corrected chi connectivity index (χ0v) is 22.4. The van der Waals surface area contributed by atoms with E-state index in [0.29, 0.717) is 32.7 Å². The maximum absolute atomic E-state index is 12.3. The number of amides is 1. The highest BCUT2D eigenvalue weighted by molar-refractivity contribution is 7.99. The van der Waals surface area contributed by atoms with Crippen molar-refractivity contribution in [2.24, 2.45) is 16.7 Å². The van der Waals surface area contributed by atoms with Gasteiger partial charge in [0.05, 0.1) is 19.6 Å². The third-order valence-electron chi connectivity index (χ3n) is 5.34. The van der Waals surface area contributed by atoms with Crippen LogP contribution in [-0.4, -0.2) is 59.8 Å². The molecule has 3 N–H and O–H groups in total. The summed E-state index contributed by atoms with van der Waals surface area (Å²) >= 11 is 1.78. The molecular weight excluding hydrogens is 412 g/mol. The SMILES string of the molecule is CSC(C)(C)CCNC(C)(O)CC(=O)NCC(C)(C)COCC(C)(C)CC(=O)C(C)C. The standard InChI is InChI=1S/C24H48N2O4S/c1-18(2)19(27)13-21(3,4)16-30-17-22(5,6)15-25-20(28)14-24(9,29)26-12-11-23(7,8)31-10/h18,26,29H,11-17H2,1-10H3,(H,25,28). The van der Waals surface area contributed by atoms with E-state index in [1.165, 1.54) is 0 Å². The molecule has 0 saturated heterocycles. The fraction of sp³-hybridized carbons (Fsp3) is 0.917. The van der Waals surface area contributed by atoms with Gasteiger partial charge in [0.15, 0.2) is 0 Å². The lowest BCUT2D eigenvalue weighted by Crippen LogP contribution is -2.48. The van der Waals surface area contributed by atoms with Gasteiger partial charge in [-0.3, -0.25) is 14.9 Å². The minimum atomic E-state index is -1.24. The third kappa shape index (κ3) is 14.9. The first-order valence-electron chi connectivity index (χ1n) is 11.3. The molecule has 0 fully saturated rings. The van der Waals surface area contributed by atoms with Gasteiger partial charge in [0.1, 0.15) is 11.5 Å². The van der Waals surface area contributed by atoms with Gasteiger partial charge < -0.3 is 15.2 Å². The highest BCUT2D eigenvalue weighted by Crippen LogP contribution is 2.26. The smallest absolute Gasteiger partial charge is 0.224 e. The van der Waals surface area contributed by atoms with Crippen LogP contribution in [-0.2, 0) is 14.3 Å². The number of aliphatic hydroxyl groups is 1. The van der Waals surface area contributed by atoms with Crippen molar-refractivity contribution in [3.05, 3.63) is 0 Å². The molecule has 0 heterocycles. The average molecular weight is 461 g/mol. The van der Waals surface area contributed by atoms with Crippen LogP contribution in [0.15, 0.2) is 0 Å². The Morgan fingerprint density at radius 2 is 1.52 bits per heavy atom. The Labute approximate surface area is 195 Å². The van der Waals surface area contributed by atoms with Crippen molar-refractivity contribution in [1.82, 2.24) is 10.6 Å². The lowest BCUT2D eigenvalue weighted by atomic mass is 9.85. The van der Waals surface area contributed by atoms with Crippen molar-refractivity contribution in [3.63, 3.8) is 0 Å². The maximum atomic E-state index is 12.3. The van der Waals surface area contributed by atoms with Gasteiger partial charge in [0, 0.05) is 29.0 Å². The predicted molar refractivity (Wildman–Crippen MR) is 131 cm³/mol. The molecule has 0 aromatic rings. The molecule has 31 heavy (non-hydrogen) atoms. The number of carbonyl (C=O) groups excluding carboxylic acids is 2. The molecule has 0 bridgehead atoms. The van der Waals surface area contributed by atoms with Crippen molar-refractivity contribution < 1.29 is 19.4 Å². The maximum Gasteiger partial charge on any atom is 0.224 e. The molecule has 0 aliphatic rings. The van der Waals surface area contributed by atoms with Gasteiger partial charge in [-0.25, -0.2) is 0 Å². The van der Waals surface area contributed by atoms with E-state index in [1.54, 1.807) is 18.7 Å². The number of hydrogen-bond acceptors (Lipinski definition) is 6. The summed E-state index contributed by atoms with van der Waals surface area (Å²) in [6.07, 6.45) is 3.46. The van der Waals surface area contributed by atoms with E-state index in [1.807, 2.05) is 41.5 Å². The van der Waals surface area contributed by atoms with E-state index in [-0.39, 0.29) is 39.6 Å². The van der Waals surface area contributed by atoms with Crippen LogP contribution in [0.25, 0.3) is 0 Å². The quantitative estimate of drug-likeness (QED) is 0.302. The topological polar surface area (TPSA) is 87.7 Å². The Kier molecular flexibility index (Phi) is 12.3. The number of nitrogens with one attached hydrogen (secondary N) is 2. The highest BCUT2D eigenvalue weighted by atomic mass is 32.2. The second kappa shape index (κ2) is 12.6. The molecule has 0 aliphatic heterocycles. The van der Waals surface area contributed by atoms with Crippen LogP contribution in [0.3, 0.4) is 0 Å². The van der Waals surface area contributed by atoms with E-state index in [0.717, 1.165) is 6.42 Å². The van der Waals surface area contributed by atoms with E-state index in [2.05, 4.69) is 30.7 Å². The van der Waals surface area contributed by atoms with Gasteiger partial charge in [-0.05, 0) is 31.6 Å². The van der Waals surface area contributed by atoms with Crippen LogP contribution in [0.5, 0.6) is 0 Å². The van der Waals surface area contributed by atoms with Crippen molar-refractivity contribution >= 4 is 23.5 Å². The summed E-state index contributed by atoms with van der Waals surface area (Å²) < 4.78 is 6.04. The van der Waals surface area contributed by atoms with Crippen molar-refractivity contribution in [2.45, 2.75) is 92.0 Å². The first kappa shape index (κ1) is 30.4. The molecule has 0 saturated carbocycles. The van der Waals surface area contributed by atoms with E-state index >= 15 is 0 Å². The van der Waals surface area contributed by atoms with Crippen molar-refractivity contribution in [2.75, 3.05) is 32.6 Å². The van der Waals surface area contributed by atoms with Crippen LogP contribution in [0.4, 0.5) is 0 Å². The molecular formula is C24H48N2O4S. The lowest BCUT2D eigenvalue weighted by molar-refractivity contribution is -0.128. The van der Waals surface area contributed by atoms with Gasteiger partial charge in [-0.1, -0.05) is 55.4 Å². The Hall–Kier alpha value is -0.630. The van der Waals surface area contributed by atoms with E-state index in [9.17, 15) is 14.7 Å². The summed E-state index contributed by atoms with van der Waals surface area (Å²) in [5, 5.41) is 16.5. The highest BCUT2D eigenvalue weighted by Gasteiger charge is 2.28. The molecule has 0 rings (SSSR count). The third-order valence-corrected chi connectivity index (χ3v) is 6.65. The Morgan fingerprint density at radius 3 is 2.03 bits per heavy atom.